The van der Waals surface area contributed by atoms with Gasteiger partial charge in [-0.05, 0) is 48.0 Å². The Morgan fingerprint density at radius 1 is 1.15 bits per heavy atom. The molecule has 0 bridgehead atoms. The Morgan fingerprint density at radius 2 is 1.93 bits per heavy atom. The molecule has 2 aromatic carbocycles. The molecule has 1 saturated heterocycles. The monoisotopic (exact) mass is 387 g/mol. The van der Waals surface area contributed by atoms with Crippen molar-refractivity contribution < 1.29 is 19.2 Å². The number of quaternary nitrogens is 1. The molecule has 0 radical (unpaired) electrons. The second kappa shape index (κ2) is 8.19. The second-order valence-electron chi connectivity index (χ2n) is 7.09. The highest BCUT2D eigenvalue weighted by Gasteiger charge is 2.24. The Hall–Kier alpha value is -2.24. The number of hydrogen-bond donors (Lipinski definition) is 1. The summed E-state index contributed by atoms with van der Waals surface area (Å²) in [7, 11) is 0. The topological polar surface area (TPSA) is 43.2 Å². The van der Waals surface area contributed by atoms with Gasteiger partial charge in [0.25, 0.3) is 5.91 Å². The fourth-order valence-corrected chi connectivity index (χ4v) is 3.78. The molecule has 0 aromatic heterocycles. The molecule has 2 aliphatic heterocycles. The lowest BCUT2D eigenvalue weighted by atomic mass is 10.1. The van der Waals surface area contributed by atoms with Crippen LogP contribution < -0.4 is 14.4 Å². The molecular weight excluding hydrogens is 364 g/mol. The first-order valence-electron chi connectivity index (χ1n) is 9.42. The van der Waals surface area contributed by atoms with Gasteiger partial charge in [-0.15, -0.1) is 0 Å². The van der Waals surface area contributed by atoms with Crippen LogP contribution in [0.25, 0.3) is 0 Å². The third kappa shape index (κ3) is 4.54. The molecule has 0 spiro atoms. The quantitative estimate of drug-likeness (QED) is 0.847. The van der Waals surface area contributed by atoms with Crippen molar-refractivity contribution in [3.05, 3.63) is 58.6 Å². The van der Waals surface area contributed by atoms with Gasteiger partial charge < -0.3 is 19.3 Å². The molecule has 1 N–H and O–H groups in total. The molecule has 2 heterocycles. The zero-order valence-electron chi connectivity index (χ0n) is 15.2. The second-order valence-corrected chi connectivity index (χ2v) is 7.53. The van der Waals surface area contributed by atoms with E-state index in [0.29, 0.717) is 10.8 Å². The molecule has 2 aliphatic rings. The lowest BCUT2D eigenvalue weighted by Crippen LogP contribution is -3.13. The summed E-state index contributed by atoms with van der Waals surface area (Å²) in [4.78, 5) is 15.8. The number of piperazine rings is 1. The summed E-state index contributed by atoms with van der Waals surface area (Å²) in [6.07, 6.45) is 1.01. The largest absolute Gasteiger partial charge is 0.493 e. The van der Waals surface area contributed by atoms with Crippen LogP contribution in [0.3, 0.4) is 0 Å². The van der Waals surface area contributed by atoms with Crippen molar-refractivity contribution in [2.24, 2.45) is 0 Å². The third-order valence-corrected chi connectivity index (χ3v) is 5.46. The highest BCUT2D eigenvalue weighted by atomic mass is 35.5. The number of fused-ring (bicyclic) bond motifs is 1. The third-order valence-electron chi connectivity index (χ3n) is 5.21. The lowest BCUT2D eigenvalue weighted by Gasteiger charge is -2.32. The van der Waals surface area contributed by atoms with E-state index >= 15 is 0 Å². The molecule has 1 fully saturated rings. The minimum Gasteiger partial charge on any atom is -0.493 e. The number of nitrogens with one attached hydrogen (secondary N) is 1. The summed E-state index contributed by atoms with van der Waals surface area (Å²) in [5.41, 5.74) is 2.67. The summed E-state index contributed by atoms with van der Waals surface area (Å²) >= 11 is 5.86. The Kier molecular flexibility index (Phi) is 5.50. The van der Waals surface area contributed by atoms with Crippen molar-refractivity contribution in [1.29, 1.82) is 0 Å². The SMILES string of the molecule is O=C(COc1ccc(Cl)cc1)N1CC[NH+](Cc2ccc3c(c2)CCO3)CC1. The smallest absolute Gasteiger partial charge is 0.260 e. The Balaban J connectivity index is 1.23. The van der Waals surface area contributed by atoms with Crippen LogP contribution >= 0.6 is 11.6 Å². The van der Waals surface area contributed by atoms with Crippen molar-refractivity contribution >= 4 is 17.5 Å². The van der Waals surface area contributed by atoms with E-state index in [1.165, 1.54) is 16.0 Å². The summed E-state index contributed by atoms with van der Waals surface area (Å²) < 4.78 is 11.1. The van der Waals surface area contributed by atoms with Gasteiger partial charge in [0, 0.05) is 17.0 Å². The van der Waals surface area contributed by atoms with Crippen LogP contribution in [0, 0.1) is 0 Å². The van der Waals surface area contributed by atoms with Crippen LogP contribution in [0.5, 0.6) is 11.5 Å². The van der Waals surface area contributed by atoms with Crippen LogP contribution in [0.4, 0.5) is 0 Å². The number of carbonyl (C=O) groups is 1. The molecule has 6 heteroatoms. The fraction of sp³-hybridized carbons (Fsp3) is 0.381. The standard InChI is InChI=1S/C21H23ClN2O3/c22-18-2-4-19(5-3-18)27-15-21(25)24-10-8-23(9-11-24)14-16-1-6-20-17(13-16)7-12-26-20/h1-6,13H,7-12,14-15H2/p+1. The molecule has 2 aromatic rings. The normalized spacial score (nSPS) is 16.7. The van der Waals surface area contributed by atoms with Gasteiger partial charge in [-0.2, -0.15) is 0 Å². The van der Waals surface area contributed by atoms with Gasteiger partial charge in [-0.3, -0.25) is 4.79 Å². The van der Waals surface area contributed by atoms with Crippen LogP contribution in [0.1, 0.15) is 11.1 Å². The molecule has 0 saturated carbocycles. The van der Waals surface area contributed by atoms with Crippen molar-refractivity contribution in [3.63, 3.8) is 0 Å². The number of nitrogens with zero attached hydrogens (tertiary/aromatic N) is 1. The predicted octanol–water partition coefficient (Wildman–Crippen LogP) is 1.58. The summed E-state index contributed by atoms with van der Waals surface area (Å²) in [5.74, 6) is 1.74. The summed E-state index contributed by atoms with van der Waals surface area (Å²) in [5, 5.41) is 0.656. The number of rotatable bonds is 5. The van der Waals surface area contributed by atoms with Gasteiger partial charge in [0.15, 0.2) is 6.61 Å². The molecular formula is C21H24ClN2O3+. The number of benzene rings is 2. The van der Waals surface area contributed by atoms with E-state index in [4.69, 9.17) is 21.1 Å². The van der Waals surface area contributed by atoms with Crippen LogP contribution in [0.15, 0.2) is 42.5 Å². The summed E-state index contributed by atoms with van der Waals surface area (Å²) in [6.45, 7) is 5.32. The maximum Gasteiger partial charge on any atom is 0.260 e. The molecule has 27 heavy (non-hydrogen) atoms. The summed E-state index contributed by atoms with van der Waals surface area (Å²) in [6, 6.07) is 13.6. The molecule has 0 atom stereocenters. The molecule has 0 aliphatic carbocycles. The van der Waals surface area contributed by atoms with Crippen LogP contribution in [-0.2, 0) is 17.8 Å². The molecule has 5 nitrogen and oxygen atoms in total. The molecule has 0 unspecified atom stereocenters. The Bertz CT molecular complexity index is 802. The molecule has 1 amide bonds. The minimum absolute atomic E-state index is 0.0404. The van der Waals surface area contributed by atoms with Gasteiger partial charge >= 0.3 is 0 Å². The minimum atomic E-state index is 0.0404. The van der Waals surface area contributed by atoms with Crippen molar-refractivity contribution in [3.8, 4) is 11.5 Å². The maximum atomic E-state index is 12.4. The molecule has 4 rings (SSSR count). The zero-order chi connectivity index (χ0) is 18.6. The van der Waals surface area contributed by atoms with E-state index in [0.717, 1.165) is 51.5 Å². The van der Waals surface area contributed by atoms with E-state index in [1.54, 1.807) is 24.3 Å². The van der Waals surface area contributed by atoms with Crippen LogP contribution in [0.2, 0.25) is 5.02 Å². The van der Waals surface area contributed by atoms with Crippen LogP contribution in [-0.4, -0.2) is 50.2 Å². The number of halogens is 1. The Labute approximate surface area is 164 Å². The average Bonchev–Trinajstić information content (AvgIpc) is 3.16. The van der Waals surface area contributed by atoms with E-state index in [2.05, 4.69) is 18.2 Å². The number of amides is 1. The van der Waals surface area contributed by atoms with E-state index in [9.17, 15) is 4.79 Å². The van der Waals surface area contributed by atoms with E-state index in [1.807, 2.05) is 4.90 Å². The lowest BCUT2D eigenvalue weighted by molar-refractivity contribution is -0.917. The van der Waals surface area contributed by atoms with Crippen molar-refractivity contribution in [2.45, 2.75) is 13.0 Å². The Morgan fingerprint density at radius 3 is 2.70 bits per heavy atom. The molecule has 142 valence electrons. The van der Waals surface area contributed by atoms with Gasteiger partial charge in [-0.25, -0.2) is 0 Å². The average molecular weight is 388 g/mol. The maximum absolute atomic E-state index is 12.4. The van der Waals surface area contributed by atoms with Gasteiger partial charge in [-0.1, -0.05) is 11.6 Å². The highest BCUT2D eigenvalue weighted by Crippen LogP contribution is 2.25. The highest BCUT2D eigenvalue weighted by molar-refractivity contribution is 6.30. The first-order chi connectivity index (χ1) is 13.2. The number of ether oxygens (including phenoxy) is 2. The van der Waals surface area contributed by atoms with E-state index < -0.39 is 0 Å². The van der Waals surface area contributed by atoms with Crippen molar-refractivity contribution in [2.75, 3.05) is 39.4 Å². The fourth-order valence-electron chi connectivity index (χ4n) is 3.65. The predicted molar refractivity (Wildman–Crippen MR) is 104 cm³/mol. The van der Waals surface area contributed by atoms with Crippen molar-refractivity contribution in [1.82, 2.24) is 4.90 Å². The first-order valence-corrected chi connectivity index (χ1v) is 9.79. The van der Waals surface area contributed by atoms with Gasteiger partial charge in [0.1, 0.15) is 18.0 Å². The van der Waals surface area contributed by atoms with Gasteiger partial charge in [0.2, 0.25) is 0 Å². The van der Waals surface area contributed by atoms with E-state index in [-0.39, 0.29) is 12.5 Å². The number of hydrogen-bond acceptors (Lipinski definition) is 3. The zero-order valence-corrected chi connectivity index (χ0v) is 16.0. The first kappa shape index (κ1) is 18.1. The number of carbonyl (C=O) groups excluding carboxylic acids is 1. The van der Waals surface area contributed by atoms with Gasteiger partial charge in [0.05, 0.1) is 32.8 Å².